The molecule has 0 spiro atoms. The summed E-state index contributed by atoms with van der Waals surface area (Å²) in [5.41, 5.74) is 0. The molecule has 2 saturated heterocycles. The van der Waals surface area contributed by atoms with Crippen LogP contribution in [-0.4, -0.2) is 63.0 Å². The first-order valence-electron chi connectivity index (χ1n) is 8.08. The maximum atomic E-state index is 11.8. The van der Waals surface area contributed by atoms with Crippen LogP contribution in [-0.2, 0) is 14.3 Å². The lowest BCUT2D eigenvalue weighted by atomic mass is 10.0. The van der Waals surface area contributed by atoms with Crippen LogP contribution in [0.2, 0.25) is 0 Å². The van der Waals surface area contributed by atoms with Crippen LogP contribution in [0.5, 0.6) is 0 Å². The first-order valence-corrected chi connectivity index (χ1v) is 9.23. The van der Waals surface area contributed by atoms with Gasteiger partial charge in [0.2, 0.25) is 5.91 Å². The molecule has 130 valence electrons. The minimum atomic E-state index is 0. The summed E-state index contributed by atoms with van der Waals surface area (Å²) in [6.45, 7) is 5.04. The van der Waals surface area contributed by atoms with E-state index in [0.29, 0.717) is 24.9 Å². The summed E-state index contributed by atoms with van der Waals surface area (Å²) in [7, 11) is 0. The highest BCUT2D eigenvalue weighted by Crippen LogP contribution is 2.14. The van der Waals surface area contributed by atoms with Gasteiger partial charge in [-0.1, -0.05) is 0 Å². The Hall–Kier alpha value is -0.0100. The Labute approximate surface area is 144 Å². The van der Waals surface area contributed by atoms with E-state index < -0.39 is 0 Å². The van der Waals surface area contributed by atoms with E-state index in [9.17, 15) is 4.79 Å². The molecule has 0 bridgehead atoms. The van der Waals surface area contributed by atoms with Crippen molar-refractivity contribution in [2.45, 2.75) is 31.7 Å². The van der Waals surface area contributed by atoms with Crippen LogP contribution in [0.15, 0.2) is 0 Å². The van der Waals surface area contributed by atoms with Crippen molar-refractivity contribution in [1.82, 2.24) is 10.6 Å². The largest absolute Gasteiger partial charge is 0.381 e. The predicted molar refractivity (Wildman–Crippen MR) is 93.0 cm³/mol. The minimum absolute atomic E-state index is 0. The topological polar surface area (TPSA) is 59.6 Å². The average Bonchev–Trinajstić information content (AvgIpc) is 2.53. The van der Waals surface area contributed by atoms with Crippen LogP contribution in [0.25, 0.3) is 0 Å². The van der Waals surface area contributed by atoms with Crippen LogP contribution in [0.3, 0.4) is 0 Å². The number of hydrogen-bond donors (Lipinski definition) is 2. The molecule has 2 rings (SSSR count). The van der Waals surface area contributed by atoms with Crippen molar-refractivity contribution in [2.24, 2.45) is 5.92 Å². The molecule has 2 aliphatic rings. The van der Waals surface area contributed by atoms with E-state index in [0.717, 1.165) is 63.7 Å². The van der Waals surface area contributed by atoms with E-state index in [2.05, 4.69) is 10.6 Å². The summed E-state index contributed by atoms with van der Waals surface area (Å²) >= 11 is 1.92. The fraction of sp³-hybridized carbons (Fsp3) is 0.933. The first-order chi connectivity index (χ1) is 10.3. The van der Waals surface area contributed by atoms with E-state index >= 15 is 0 Å². The SMILES string of the molecule is Cl.O=C(CC1CSCCN1)NCCCOCC1CCOCC1. The Morgan fingerprint density at radius 3 is 2.91 bits per heavy atom. The molecule has 2 N–H and O–H groups in total. The number of carbonyl (C=O) groups is 1. The van der Waals surface area contributed by atoms with Gasteiger partial charge in [-0.2, -0.15) is 11.8 Å². The molecule has 22 heavy (non-hydrogen) atoms. The van der Waals surface area contributed by atoms with Crippen LogP contribution in [0.4, 0.5) is 0 Å². The van der Waals surface area contributed by atoms with Crippen LogP contribution in [0.1, 0.15) is 25.7 Å². The number of carbonyl (C=O) groups excluding carboxylic acids is 1. The summed E-state index contributed by atoms with van der Waals surface area (Å²) in [6, 6.07) is 0.341. The summed E-state index contributed by atoms with van der Waals surface area (Å²) < 4.78 is 11.0. The number of nitrogens with one attached hydrogen (secondary N) is 2. The van der Waals surface area contributed by atoms with Gasteiger partial charge < -0.3 is 20.1 Å². The van der Waals surface area contributed by atoms with E-state index in [1.54, 1.807) is 0 Å². The van der Waals surface area contributed by atoms with Crippen molar-refractivity contribution in [1.29, 1.82) is 0 Å². The molecule has 2 fully saturated rings. The third-order valence-corrected chi connectivity index (χ3v) is 5.04. The van der Waals surface area contributed by atoms with Crippen molar-refractivity contribution in [3.05, 3.63) is 0 Å². The van der Waals surface area contributed by atoms with Gasteiger partial charge in [0.15, 0.2) is 0 Å². The van der Waals surface area contributed by atoms with E-state index in [1.165, 1.54) is 0 Å². The molecular weight excluding hydrogens is 324 g/mol. The number of amides is 1. The Kier molecular flexibility index (Phi) is 11.3. The molecule has 1 amide bonds. The normalized spacial score (nSPS) is 22.8. The summed E-state index contributed by atoms with van der Waals surface area (Å²) in [5, 5.41) is 6.36. The Balaban J connectivity index is 0.00000242. The number of ether oxygens (including phenoxy) is 2. The lowest BCUT2D eigenvalue weighted by Gasteiger charge is -2.22. The Morgan fingerprint density at radius 2 is 2.18 bits per heavy atom. The second-order valence-corrected chi connectivity index (χ2v) is 6.91. The van der Waals surface area contributed by atoms with Crippen LogP contribution < -0.4 is 10.6 Å². The third-order valence-electron chi connectivity index (χ3n) is 3.91. The van der Waals surface area contributed by atoms with Gasteiger partial charge in [0.05, 0.1) is 0 Å². The second-order valence-electron chi connectivity index (χ2n) is 5.76. The standard InChI is InChI=1S/C15H28N2O3S.ClH/c18-15(10-14-12-21-9-5-16-14)17-4-1-6-20-11-13-2-7-19-8-3-13;/h13-14,16H,1-12H2,(H,17,18);1H. The quantitative estimate of drug-likeness (QED) is 0.647. The zero-order chi connectivity index (χ0) is 14.8. The maximum Gasteiger partial charge on any atom is 0.221 e. The van der Waals surface area contributed by atoms with Gasteiger partial charge in [-0.15, -0.1) is 12.4 Å². The Bertz CT molecular complexity index is 299. The zero-order valence-corrected chi connectivity index (χ0v) is 14.8. The molecule has 2 heterocycles. The molecule has 7 heteroatoms. The van der Waals surface area contributed by atoms with Crippen LogP contribution in [0, 0.1) is 5.92 Å². The first kappa shape index (κ1) is 20.0. The fourth-order valence-corrected chi connectivity index (χ4v) is 3.56. The van der Waals surface area contributed by atoms with Crippen LogP contribution >= 0.6 is 24.2 Å². The predicted octanol–water partition coefficient (Wildman–Crippen LogP) is 1.45. The number of thioether (sulfide) groups is 1. The molecule has 1 atom stereocenters. The van der Waals surface area contributed by atoms with Gasteiger partial charge in [0, 0.05) is 63.5 Å². The molecule has 2 aliphatic heterocycles. The van der Waals surface area contributed by atoms with Gasteiger partial charge >= 0.3 is 0 Å². The summed E-state index contributed by atoms with van der Waals surface area (Å²) in [4.78, 5) is 11.8. The third kappa shape index (κ3) is 8.58. The van der Waals surface area contributed by atoms with Crippen molar-refractivity contribution in [2.75, 3.05) is 51.0 Å². The monoisotopic (exact) mass is 352 g/mol. The highest BCUT2D eigenvalue weighted by molar-refractivity contribution is 7.99. The lowest BCUT2D eigenvalue weighted by Crippen LogP contribution is -2.41. The van der Waals surface area contributed by atoms with E-state index in [-0.39, 0.29) is 18.3 Å². The molecular formula is C15H29ClN2O3S. The molecule has 0 aromatic heterocycles. The minimum Gasteiger partial charge on any atom is -0.381 e. The molecule has 0 radical (unpaired) electrons. The lowest BCUT2D eigenvalue weighted by molar-refractivity contribution is -0.121. The Morgan fingerprint density at radius 1 is 1.36 bits per heavy atom. The molecule has 0 aromatic carbocycles. The average molecular weight is 353 g/mol. The fourth-order valence-electron chi connectivity index (χ4n) is 2.61. The van der Waals surface area contributed by atoms with Gasteiger partial charge in [-0.3, -0.25) is 4.79 Å². The molecule has 5 nitrogen and oxygen atoms in total. The maximum absolute atomic E-state index is 11.8. The van der Waals surface area contributed by atoms with Crippen molar-refractivity contribution < 1.29 is 14.3 Å². The highest BCUT2D eigenvalue weighted by Gasteiger charge is 2.16. The zero-order valence-electron chi connectivity index (χ0n) is 13.2. The van der Waals surface area contributed by atoms with E-state index in [4.69, 9.17) is 9.47 Å². The molecule has 0 aliphatic carbocycles. The van der Waals surface area contributed by atoms with Crippen molar-refractivity contribution >= 4 is 30.1 Å². The van der Waals surface area contributed by atoms with Gasteiger partial charge in [-0.05, 0) is 25.2 Å². The summed E-state index contributed by atoms with van der Waals surface area (Å²) in [5.74, 6) is 3.01. The van der Waals surface area contributed by atoms with E-state index in [1.807, 2.05) is 11.8 Å². The van der Waals surface area contributed by atoms with Gasteiger partial charge in [-0.25, -0.2) is 0 Å². The number of rotatable bonds is 8. The molecule has 0 aromatic rings. The second kappa shape index (κ2) is 12.4. The van der Waals surface area contributed by atoms with Gasteiger partial charge in [0.25, 0.3) is 0 Å². The molecule has 0 saturated carbocycles. The highest BCUT2D eigenvalue weighted by atomic mass is 35.5. The molecule has 1 unspecified atom stereocenters. The van der Waals surface area contributed by atoms with Crippen molar-refractivity contribution in [3.8, 4) is 0 Å². The van der Waals surface area contributed by atoms with Gasteiger partial charge in [0.1, 0.15) is 0 Å². The number of hydrogen-bond acceptors (Lipinski definition) is 5. The van der Waals surface area contributed by atoms with Crippen molar-refractivity contribution in [3.63, 3.8) is 0 Å². The smallest absolute Gasteiger partial charge is 0.221 e. The summed E-state index contributed by atoms with van der Waals surface area (Å²) in [6.07, 6.45) is 3.71. The number of halogens is 1.